The second-order valence-electron chi connectivity index (χ2n) is 31.4. The number of esters is 3. The van der Waals surface area contributed by atoms with E-state index in [1.807, 2.05) is 84.3 Å². The Labute approximate surface area is 816 Å². The highest BCUT2D eigenvalue weighted by atomic mass is 127. The summed E-state index contributed by atoms with van der Waals surface area (Å²) in [6.07, 6.45) is 8.03. The number of para-hydroxylation sites is 2. The smallest absolute Gasteiger partial charge is 0.409 e. The number of nitrogens with one attached hydrogen (secondary N) is 1. The summed E-state index contributed by atoms with van der Waals surface area (Å²) in [5.41, 5.74) is 16.0. The number of aliphatic carboxylic acids is 1. The Morgan fingerprint density at radius 2 is 0.918 bits per heavy atom. The number of carbonyl (C=O) groups excluding carboxylic acids is 4. The van der Waals surface area contributed by atoms with Gasteiger partial charge in [0.25, 0.3) is 22.5 Å². The van der Waals surface area contributed by atoms with E-state index < -0.39 is 55.6 Å². The van der Waals surface area contributed by atoms with E-state index in [1.54, 1.807) is 85.5 Å². The van der Waals surface area contributed by atoms with E-state index >= 15 is 0 Å². The largest absolute Gasteiger partial charge is 1.00 e. The maximum absolute atomic E-state index is 12.5. The number of thiol groups is 1. The Morgan fingerprint density at radius 3 is 1.51 bits per heavy atom. The highest BCUT2D eigenvalue weighted by Crippen LogP contribution is 2.40. The van der Waals surface area contributed by atoms with Crippen LogP contribution in [0.15, 0.2) is 179 Å². The van der Waals surface area contributed by atoms with Gasteiger partial charge >= 0.3 is 40.9 Å². The number of ether oxygens (including phenoxy) is 3. The van der Waals surface area contributed by atoms with Gasteiger partial charge < -0.3 is 121 Å². The number of carboxylic acids is 1. The van der Waals surface area contributed by atoms with Crippen LogP contribution in [0, 0.1) is 34.6 Å². The van der Waals surface area contributed by atoms with E-state index in [2.05, 4.69) is 103 Å². The lowest BCUT2D eigenvalue weighted by atomic mass is 10.1. The molecule has 1 aliphatic carbocycles. The molecule has 39 heteroatoms. The van der Waals surface area contributed by atoms with Gasteiger partial charge in [-0.25, -0.2) is 31.2 Å². The topological polar surface area (TPSA) is 401 Å². The number of carbonyl (C=O) groups is 5. The summed E-state index contributed by atoms with van der Waals surface area (Å²) in [6, 6.07) is 39.2. The standard InChI is InChI=1S/C20H21NO8.C16H13NO5S2.C15H16N2O3.C15H15NO6S2.C15H12NOS.C14H14NOS.2HI/c1-4-26-19(24)17-12-9-13-15(10-14(12)29-18(17)20(25)27-5-2)28-11(3)21(13)8-6-7-16(22)23;18-24(19,20)7-3-6-17-12-8-11-10-4-1-2-5-13(10)21-14(11)9-15(12)22-16(17)23;1-4-5-17-9(2)20-14-7-13-10(6-12(14)17)11(8-19-13)15(18)16-3;1-3-21-15(17)11-8-22-13-7-14-12(6-10(11)13)16(9(2)23-14)4-5-24(18,19)20;1-9-16(2)12-7-11-10-5-3-4-6-13(10)17-14(11)8-15(12)18-9;1-8-15(2)11-6-10-9-4-3-5-12(9)16-13(10)7-14(11)17-8;;/h9-10H,4-8H2,1-3H3;1-2,4-5,8-9H,3,6-7H2,(H,18,19,20);6-8H,4-5H2,1-3H3;6-8H,3-5H2,1-2H3;3-8H,1-2H3;6-7H,3-5H2,1-2H3;2*1H/q;;;;2*+1;;. The lowest BCUT2D eigenvalue weighted by Crippen LogP contribution is -3.00. The fourth-order valence-electron chi connectivity index (χ4n) is 16.5. The average Bonchev–Trinajstić information content (AvgIpc) is 1.58. The number of fused-ring (bicyclic) bond motifs is 18. The Kier molecular flexibility index (Phi) is 30.2. The van der Waals surface area contributed by atoms with E-state index in [1.165, 1.54) is 94.6 Å². The molecule has 0 bridgehead atoms. The van der Waals surface area contributed by atoms with Crippen molar-refractivity contribution in [3.05, 3.63) is 194 Å². The van der Waals surface area contributed by atoms with Gasteiger partial charge in [0.1, 0.15) is 112 Å². The van der Waals surface area contributed by atoms with Crippen molar-refractivity contribution >= 4 is 248 Å². The fourth-order valence-corrected chi connectivity index (χ4v) is 20.8. The zero-order valence-electron chi connectivity index (χ0n) is 74.8. The number of amides is 1. The van der Waals surface area contributed by atoms with Crippen molar-refractivity contribution in [1.82, 2.24) is 5.32 Å². The Hall–Kier alpha value is -11.4. The SMILES string of the molecule is CCC[n+]1c(C)oc2cc3occ(C(=O)NC)c3cc21.CCOC(=O)c1coc2cc3sc(C)[n+](CCS(=O)(=O)[O-])c3cc12.CCOC(=O)c1oc2cc3oc(C)[n+](CCCC(=O)O)c3cc2c1C(=O)OCC.Cc1sc2cc3oc4c(c3cc2[n+]1C)CCC4.Cc1sc2cc3oc4ccccc4c3cc2[n+]1C.O=S(=O)([O-])CCC[n+]1c(S)oc2cc3oc4ccccc4c3cc21.[I-].[I-]. The first-order valence-corrected chi connectivity index (χ1v) is 48.7. The number of halogens is 2. The number of hydrogen-bond donors (Lipinski definition) is 3. The first kappa shape index (κ1) is 98.6. The lowest BCUT2D eigenvalue weighted by Gasteiger charge is -2.03. The number of furan rings is 6. The predicted molar refractivity (Wildman–Crippen MR) is 496 cm³/mol. The minimum atomic E-state index is -4.31. The summed E-state index contributed by atoms with van der Waals surface area (Å²) >= 11 is 9.41. The van der Waals surface area contributed by atoms with Crippen LogP contribution in [-0.2, 0) is 92.4 Å². The van der Waals surface area contributed by atoms with Crippen LogP contribution in [0.1, 0.15) is 140 Å². The maximum atomic E-state index is 12.5. The number of rotatable bonds is 20. The molecule has 1 amide bonds. The van der Waals surface area contributed by atoms with Gasteiger partial charge in [-0.05, 0) is 58.4 Å². The van der Waals surface area contributed by atoms with Gasteiger partial charge in [0, 0.05) is 181 Å². The van der Waals surface area contributed by atoms with Gasteiger partial charge in [0.05, 0.1) is 61.5 Å². The molecule has 2 N–H and O–H groups in total. The van der Waals surface area contributed by atoms with Crippen LogP contribution in [0.4, 0.5) is 0 Å². The quantitative estimate of drug-likeness (QED) is 0.0159. The number of hydrogen-bond acceptors (Lipinski definition) is 27. The molecule has 0 saturated carbocycles. The third-order valence-electron chi connectivity index (χ3n) is 22.9. The van der Waals surface area contributed by atoms with Crippen LogP contribution >= 0.6 is 46.6 Å². The Morgan fingerprint density at radius 1 is 0.455 bits per heavy atom. The van der Waals surface area contributed by atoms with E-state index in [0.29, 0.717) is 86.0 Å². The molecule has 20 aromatic rings. The van der Waals surface area contributed by atoms with Crippen molar-refractivity contribution in [3.63, 3.8) is 0 Å². The summed E-state index contributed by atoms with van der Waals surface area (Å²) in [7, 11) is -2.67. The zero-order valence-corrected chi connectivity index (χ0v) is 84.1. The molecule has 0 fully saturated rings. The molecule has 0 saturated heterocycles. The molecule has 8 aromatic carbocycles. The van der Waals surface area contributed by atoms with Crippen molar-refractivity contribution in [3.8, 4) is 0 Å². The van der Waals surface area contributed by atoms with Gasteiger partial charge in [-0.1, -0.05) is 77.3 Å². The average molecular weight is 2160 g/mol. The molecular weight excluding hydrogens is 2070 g/mol. The molecule has 0 radical (unpaired) electrons. The molecule has 0 spiro atoms. The summed E-state index contributed by atoms with van der Waals surface area (Å²) in [5, 5.41) is 22.8. The fraction of sp³-hybridized carbons (Fsp3) is 0.295. The van der Waals surface area contributed by atoms with Crippen LogP contribution < -0.4 is 80.7 Å². The number of nitrogens with zero attached hydrogens (tertiary/aromatic N) is 6. The second kappa shape index (κ2) is 41.0. The summed E-state index contributed by atoms with van der Waals surface area (Å²) in [5.74, 6) is -1.41. The molecular formula is C95H93I2N7O24S6+2. The van der Waals surface area contributed by atoms with Crippen molar-refractivity contribution in [2.75, 3.05) is 38.4 Å². The lowest BCUT2D eigenvalue weighted by molar-refractivity contribution is -0.715. The minimum Gasteiger partial charge on any atom is -1.00 e. The van der Waals surface area contributed by atoms with E-state index in [0.717, 1.165) is 95.6 Å². The van der Waals surface area contributed by atoms with E-state index in [9.17, 15) is 49.9 Å². The Balaban J connectivity index is 0.000000130. The number of thiazole rings is 3. The predicted octanol–water partition coefficient (Wildman–Crippen LogP) is 11.6. The molecule has 134 heavy (non-hydrogen) atoms. The number of aryl methyl sites for hydroxylation is 13. The summed E-state index contributed by atoms with van der Waals surface area (Å²) < 4.78 is 147. The van der Waals surface area contributed by atoms with Crippen LogP contribution in [0.25, 0.3) is 152 Å². The number of benzene rings is 8. The van der Waals surface area contributed by atoms with Gasteiger partial charge in [0.15, 0.2) is 26.2 Å². The van der Waals surface area contributed by atoms with Crippen molar-refractivity contribution in [1.29, 1.82) is 0 Å². The van der Waals surface area contributed by atoms with Crippen molar-refractivity contribution < 1.29 is 184 Å². The summed E-state index contributed by atoms with van der Waals surface area (Å²) in [6.45, 7) is 19.2. The normalized spacial score (nSPS) is 12.0. The molecule has 31 nitrogen and oxygen atoms in total. The van der Waals surface area contributed by atoms with E-state index in [4.69, 9.17) is 59.1 Å². The first-order valence-electron chi connectivity index (χ1n) is 42.6. The van der Waals surface area contributed by atoms with Crippen LogP contribution in [0.2, 0.25) is 0 Å². The highest BCUT2D eigenvalue weighted by molar-refractivity contribution is 7.85. The number of aromatic nitrogens is 6. The zero-order chi connectivity index (χ0) is 93.6. The van der Waals surface area contributed by atoms with Crippen molar-refractivity contribution in [2.45, 2.75) is 139 Å². The van der Waals surface area contributed by atoms with Crippen LogP contribution in [-0.4, -0.2) is 99.2 Å². The van der Waals surface area contributed by atoms with Gasteiger partial charge in [-0.2, -0.15) is 27.4 Å². The molecule has 1 aliphatic rings. The minimum absolute atomic E-state index is 0. The van der Waals surface area contributed by atoms with Crippen LogP contribution in [0.5, 0.6) is 0 Å². The van der Waals surface area contributed by atoms with Gasteiger partial charge in [-0.15, -0.1) is 0 Å². The third-order valence-corrected chi connectivity index (χ3v) is 28.0. The highest BCUT2D eigenvalue weighted by Gasteiger charge is 2.34. The number of oxazole rings is 3. The first-order chi connectivity index (χ1) is 63.2. The molecule has 0 unspecified atom stereocenters. The molecule has 700 valence electrons. The molecule has 12 heterocycles. The monoisotopic (exact) mass is 2160 g/mol. The molecule has 0 atom stereocenters. The van der Waals surface area contributed by atoms with Gasteiger partial charge in [0.2, 0.25) is 54.1 Å². The molecule has 0 aliphatic heterocycles. The van der Waals surface area contributed by atoms with Crippen LogP contribution in [0.3, 0.4) is 0 Å². The molecule has 12 aromatic heterocycles. The maximum Gasteiger partial charge on any atom is 0.409 e. The van der Waals surface area contributed by atoms with Gasteiger partial charge in [-0.3, -0.25) is 9.59 Å². The van der Waals surface area contributed by atoms with Crippen molar-refractivity contribution in [2.24, 2.45) is 14.1 Å². The summed E-state index contributed by atoms with van der Waals surface area (Å²) in [4.78, 5) is 59.5. The Bertz CT molecular complexity index is 8220. The van der Waals surface area contributed by atoms with E-state index in [-0.39, 0.29) is 110 Å². The third kappa shape index (κ3) is 20.3. The number of carboxylic acid groups (broad SMARTS) is 1. The second-order valence-corrected chi connectivity index (χ2v) is 38.5. The molecule has 21 rings (SSSR count).